The van der Waals surface area contributed by atoms with E-state index < -0.39 is 0 Å². The molecule has 2 heterocycles. The number of rotatable bonds is 7. The van der Waals surface area contributed by atoms with Crippen LogP contribution in [0.5, 0.6) is 0 Å². The Morgan fingerprint density at radius 2 is 2.05 bits per heavy atom. The van der Waals surface area contributed by atoms with Crippen molar-refractivity contribution >= 4 is 5.95 Å². The molecule has 0 atom stereocenters. The summed E-state index contributed by atoms with van der Waals surface area (Å²) >= 11 is 0. The van der Waals surface area contributed by atoms with E-state index in [0.717, 1.165) is 19.0 Å². The summed E-state index contributed by atoms with van der Waals surface area (Å²) < 4.78 is 2.15. The quantitative estimate of drug-likeness (QED) is 0.748. The van der Waals surface area contributed by atoms with Crippen LogP contribution in [0.3, 0.4) is 0 Å². The summed E-state index contributed by atoms with van der Waals surface area (Å²) in [5.74, 6) is 1.01. The molecule has 1 aromatic heterocycles. The Labute approximate surface area is 116 Å². The molecule has 0 spiro atoms. The van der Waals surface area contributed by atoms with E-state index in [2.05, 4.69) is 26.8 Å². The topological polar surface area (TPSA) is 36.3 Å². The van der Waals surface area contributed by atoms with Gasteiger partial charge in [-0.2, -0.15) is 0 Å². The van der Waals surface area contributed by atoms with E-state index in [1.807, 2.05) is 25.2 Å². The summed E-state index contributed by atoms with van der Waals surface area (Å²) in [6.45, 7) is 5.82. The molecule has 1 aromatic rings. The van der Waals surface area contributed by atoms with Gasteiger partial charge in [-0.05, 0) is 45.4 Å². The summed E-state index contributed by atoms with van der Waals surface area (Å²) in [5.41, 5.74) is 1.24. The molecule has 5 heteroatoms. The van der Waals surface area contributed by atoms with Crippen LogP contribution in [-0.2, 0) is 13.6 Å². The lowest BCUT2D eigenvalue weighted by molar-refractivity contribution is 0.331. The Bertz CT molecular complexity index is 379. The Hall–Kier alpha value is -1.07. The van der Waals surface area contributed by atoms with E-state index in [4.69, 9.17) is 0 Å². The molecule has 0 bridgehead atoms. The maximum Gasteiger partial charge on any atom is 0.204 e. The van der Waals surface area contributed by atoms with E-state index in [1.54, 1.807) is 0 Å². The number of hydrogen-bond acceptors (Lipinski definition) is 4. The van der Waals surface area contributed by atoms with Crippen molar-refractivity contribution in [2.75, 3.05) is 45.2 Å². The zero-order chi connectivity index (χ0) is 13.7. The van der Waals surface area contributed by atoms with Gasteiger partial charge in [-0.1, -0.05) is 0 Å². The molecule has 108 valence electrons. The zero-order valence-electron chi connectivity index (χ0n) is 12.5. The van der Waals surface area contributed by atoms with E-state index in [9.17, 15) is 0 Å². The molecule has 1 aliphatic rings. The highest BCUT2D eigenvalue weighted by Gasteiger charge is 2.10. The van der Waals surface area contributed by atoms with Gasteiger partial charge in [0, 0.05) is 27.7 Å². The predicted molar refractivity (Wildman–Crippen MR) is 79.5 cm³/mol. The van der Waals surface area contributed by atoms with Crippen LogP contribution >= 0.6 is 0 Å². The normalized spacial score (nSPS) is 16.2. The second kappa shape index (κ2) is 6.91. The second-order valence-corrected chi connectivity index (χ2v) is 5.58. The molecule has 1 aliphatic heterocycles. The van der Waals surface area contributed by atoms with Gasteiger partial charge in [-0.3, -0.25) is 0 Å². The summed E-state index contributed by atoms with van der Waals surface area (Å²) in [6.07, 6.45) is 5.96. The summed E-state index contributed by atoms with van der Waals surface area (Å²) in [4.78, 5) is 9.02. The molecule has 0 aliphatic carbocycles. The standard InChI is InChI=1S/C14H27N5/c1-17(2)14-16-12-13(18(14)3)11-15-7-6-10-19-8-4-5-9-19/h12,15H,4-11H2,1-3H3. The van der Waals surface area contributed by atoms with Crippen LogP contribution < -0.4 is 10.2 Å². The molecule has 1 fully saturated rings. The minimum absolute atomic E-state index is 0.900. The Kier molecular flexibility index (Phi) is 5.22. The molecule has 1 N–H and O–H groups in total. The van der Waals surface area contributed by atoms with Crippen LogP contribution in [0.1, 0.15) is 25.0 Å². The first-order valence-electron chi connectivity index (χ1n) is 7.29. The van der Waals surface area contributed by atoms with Gasteiger partial charge < -0.3 is 19.7 Å². The fourth-order valence-electron chi connectivity index (χ4n) is 2.66. The van der Waals surface area contributed by atoms with Crippen molar-refractivity contribution in [3.05, 3.63) is 11.9 Å². The highest BCUT2D eigenvalue weighted by Crippen LogP contribution is 2.10. The van der Waals surface area contributed by atoms with Gasteiger partial charge in [0.05, 0.1) is 11.9 Å². The molecule has 5 nitrogen and oxygen atoms in total. The van der Waals surface area contributed by atoms with E-state index in [1.165, 1.54) is 44.6 Å². The van der Waals surface area contributed by atoms with Crippen molar-refractivity contribution in [3.8, 4) is 0 Å². The lowest BCUT2D eigenvalue weighted by Crippen LogP contribution is -2.25. The molecule has 0 unspecified atom stereocenters. The van der Waals surface area contributed by atoms with E-state index in [0.29, 0.717) is 0 Å². The average Bonchev–Trinajstić information content (AvgIpc) is 2.99. The van der Waals surface area contributed by atoms with Gasteiger partial charge in [-0.25, -0.2) is 4.98 Å². The first-order valence-corrected chi connectivity index (χ1v) is 7.29. The minimum atomic E-state index is 0.900. The fraction of sp³-hybridized carbons (Fsp3) is 0.786. The number of nitrogens with zero attached hydrogens (tertiary/aromatic N) is 4. The summed E-state index contributed by atoms with van der Waals surface area (Å²) in [7, 11) is 6.12. The van der Waals surface area contributed by atoms with Crippen LogP contribution in [0.25, 0.3) is 0 Å². The lowest BCUT2D eigenvalue weighted by atomic mass is 10.3. The maximum absolute atomic E-state index is 4.42. The number of nitrogens with one attached hydrogen (secondary N) is 1. The highest BCUT2D eigenvalue weighted by molar-refractivity contribution is 5.30. The fourth-order valence-corrected chi connectivity index (χ4v) is 2.66. The molecule has 19 heavy (non-hydrogen) atoms. The SMILES string of the molecule is CN(C)c1ncc(CNCCCN2CCCC2)n1C. The largest absolute Gasteiger partial charge is 0.348 e. The van der Waals surface area contributed by atoms with Crippen LogP contribution in [0.4, 0.5) is 5.95 Å². The first kappa shape index (κ1) is 14.3. The highest BCUT2D eigenvalue weighted by atomic mass is 15.3. The average molecular weight is 265 g/mol. The smallest absolute Gasteiger partial charge is 0.204 e. The Morgan fingerprint density at radius 3 is 2.68 bits per heavy atom. The van der Waals surface area contributed by atoms with Gasteiger partial charge in [0.25, 0.3) is 0 Å². The number of imidazole rings is 1. The van der Waals surface area contributed by atoms with Gasteiger partial charge in [0.15, 0.2) is 0 Å². The van der Waals surface area contributed by atoms with Crippen molar-refractivity contribution in [1.82, 2.24) is 19.8 Å². The molecule has 2 rings (SSSR count). The van der Waals surface area contributed by atoms with Crippen LogP contribution in [0.2, 0.25) is 0 Å². The summed E-state index contributed by atoms with van der Waals surface area (Å²) in [6, 6.07) is 0. The van der Waals surface area contributed by atoms with Gasteiger partial charge >= 0.3 is 0 Å². The molecular formula is C14H27N5. The molecular weight excluding hydrogens is 238 g/mol. The molecule has 0 saturated carbocycles. The number of likely N-dealkylation sites (tertiary alicyclic amines) is 1. The van der Waals surface area contributed by atoms with Crippen LogP contribution in [0, 0.1) is 0 Å². The number of hydrogen-bond donors (Lipinski definition) is 1. The van der Waals surface area contributed by atoms with Crippen LogP contribution in [0.15, 0.2) is 6.20 Å². The van der Waals surface area contributed by atoms with Crippen molar-refractivity contribution in [3.63, 3.8) is 0 Å². The Morgan fingerprint density at radius 1 is 1.32 bits per heavy atom. The summed E-state index contributed by atoms with van der Waals surface area (Å²) in [5, 5.41) is 3.51. The van der Waals surface area contributed by atoms with Gasteiger partial charge in [-0.15, -0.1) is 0 Å². The third-order valence-electron chi connectivity index (χ3n) is 3.79. The van der Waals surface area contributed by atoms with Crippen molar-refractivity contribution in [1.29, 1.82) is 0 Å². The molecule has 0 radical (unpaired) electrons. The first-order chi connectivity index (χ1) is 9.18. The third-order valence-corrected chi connectivity index (χ3v) is 3.79. The van der Waals surface area contributed by atoms with E-state index >= 15 is 0 Å². The molecule has 0 aromatic carbocycles. The monoisotopic (exact) mass is 265 g/mol. The lowest BCUT2D eigenvalue weighted by Gasteiger charge is -2.15. The molecule has 0 amide bonds. The van der Waals surface area contributed by atoms with Crippen LogP contribution in [-0.4, -0.2) is 54.7 Å². The number of anilines is 1. The maximum atomic E-state index is 4.42. The number of aromatic nitrogens is 2. The minimum Gasteiger partial charge on any atom is -0.348 e. The molecule has 1 saturated heterocycles. The third kappa shape index (κ3) is 3.94. The Balaban J connectivity index is 1.65. The zero-order valence-corrected chi connectivity index (χ0v) is 12.5. The van der Waals surface area contributed by atoms with Crippen molar-refractivity contribution in [2.24, 2.45) is 7.05 Å². The van der Waals surface area contributed by atoms with E-state index in [-0.39, 0.29) is 0 Å². The predicted octanol–water partition coefficient (Wildman–Crippen LogP) is 1.06. The van der Waals surface area contributed by atoms with Gasteiger partial charge in [0.1, 0.15) is 0 Å². The van der Waals surface area contributed by atoms with Crippen molar-refractivity contribution in [2.45, 2.75) is 25.8 Å². The van der Waals surface area contributed by atoms with Crippen molar-refractivity contribution < 1.29 is 0 Å². The second-order valence-electron chi connectivity index (χ2n) is 5.58. The van der Waals surface area contributed by atoms with Gasteiger partial charge in [0.2, 0.25) is 5.95 Å².